The van der Waals surface area contributed by atoms with E-state index in [1.54, 1.807) is 0 Å². The molecule has 0 aromatic carbocycles. The molecule has 0 atom stereocenters. The van der Waals surface area contributed by atoms with E-state index in [2.05, 4.69) is 34.9 Å². The summed E-state index contributed by atoms with van der Waals surface area (Å²) in [5.41, 5.74) is 2.08. The molecule has 104 valence electrons. The summed E-state index contributed by atoms with van der Waals surface area (Å²) < 4.78 is 0. The SMILES string of the molecule is CN1CCC(N2CCC(NN)(C(=O)S)CC2)CC1. The predicted molar refractivity (Wildman–Crippen MR) is 75.4 cm³/mol. The lowest BCUT2D eigenvalue weighted by Gasteiger charge is -2.44. The second-order valence-electron chi connectivity index (χ2n) is 5.60. The Hall–Kier alpha value is -0.140. The van der Waals surface area contributed by atoms with Crippen LogP contribution in [0.1, 0.15) is 25.7 Å². The van der Waals surface area contributed by atoms with Gasteiger partial charge in [-0.1, -0.05) is 0 Å². The van der Waals surface area contributed by atoms with Crippen molar-refractivity contribution in [3.8, 4) is 0 Å². The zero-order chi connectivity index (χ0) is 13.2. The van der Waals surface area contributed by atoms with Crippen molar-refractivity contribution in [3.63, 3.8) is 0 Å². The highest BCUT2D eigenvalue weighted by molar-refractivity contribution is 7.96. The van der Waals surface area contributed by atoms with Crippen molar-refractivity contribution in [1.29, 1.82) is 0 Å². The minimum atomic E-state index is -0.606. The molecule has 0 unspecified atom stereocenters. The number of hydrogen-bond acceptors (Lipinski definition) is 5. The maximum absolute atomic E-state index is 11.6. The number of thiol groups is 1. The molecule has 2 heterocycles. The summed E-state index contributed by atoms with van der Waals surface area (Å²) in [6, 6.07) is 0.673. The van der Waals surface area contributed by atoms with Gasteiger partial charge in [-0.2, -0.15) is 0 Å². The lowest BCUT2D eigenvalue weighted by molar-refractivity contribution is -0.118. The number of rotatable bonds is 3. The van der Waals surface area contributed by atoms with Crippen LogP contribution < -0.4 is 11.3 Å². The number of piperidine rings is 2. The van der Waals surface area contributed by atoms with Crippen LogP contribution in [0.3, 0.4) is 0 Å². The molecule has 0 saturated carbocycles. The largest absolute Gasteiger partial charge is 0.306 e. The second kappa shape index (κ2) is 5.88. The zero-order valence-electron chi connectivity index (χ0n) is 11.1. The molecule has 2 saturated heterocycles. The lowest BCUT2D eigenvalue weighted by atomic mass is 9.88. The minimum absolute atomic E-state index is 0.131. The van der Waals surface area contributed by atoms with Crippen LogP contribution in [0, 0.1) is 0 Å². The van der Waals surface area contributed by atoms with E-state index in [0.717, 1.165) is 25.9 Å². The summed E-state index contributed by atoms with van der Waals surface area (Å²) in [5.74, 6) is 5.54. The van der Waals surface area contributed by atoms with Gasteiger partial charge in [0.25, 0.3) is 0 Å². The Kier molecular flexibility index (Phi) is 4.66. The fourth-order valence-corrected chi connectivity index (χ4v) is 3.34. The Morgan fingerprint density at radius 1 is 1.28 bits per heavy atom. The maximum atomic E-state index is 11.6. The molecule has 0 bridgehead atoms. The number of carbonyl (C=O) groups excluding carboxylic acids is 1. The molecule has 0 radical (unpaired) electrons. The van der Waals surface area contributed by atoms with Crippen LogP contribution in [0.15, 0.2) is 0 Å². The topological polar surface area (TPSA) is 61.6 Å². The number of hydrogen-bond donors (Lipinski definition) is 3. The number of carbonyl (C=O) groups is 1. The minimum Gasteiger partial charge on any atom is -0.306 e. The van der Waals surface area contributed by atoms with Gasteiger partial charge in [-0.05, 0) is 45.8 Å². The van der Waals surface area contributed by atoms with Crippen LogP contribution in [0.25, 0.3) is 0 Å². The van der Waals surface area contributed by atoms with Gasteiger partial charge in [0.15, 0.2) is 0 Å². The summed E-state index contributed by atoms with van der Waals surface area (Å²) in [6.45, 7) is 4.22. The van der Waals surface area contributed by atoms with Crippen molar-refractivity contribution in [3.05, 3.63) is 0 Å². The van der Waals surface area contributed by atoms with Gasteiger partial charge >= 0.3 is 0 Å². The fourth-order valence-electron chi connectivity index (χ4n) is 3.05. The quantitative estimate of drug-likeness (QED) is 0.378. The summed E-state index contributed by atoms with van der Waals surface area (Å²) in [4.78, 5) is 16.5. The van der Waals surface area contributed by atoms with Crippen LogP contribution in [-0.2, 0) is 4.79 Å². The molecule has 0 aromatic heterocycles. The predicted octanol–water partition coefficient (Wildman–Crippen LogP) is -0.165. The van der Waals surface area contributed by atoms with E-state index in [1.165, 1.54) is 25.9 Å². The Morgan fingerprint density at radius 2 is 1.83 bits per heavy atom. The van der Waals surface area contributed by atoms with Crippen LogP contribution in [0.5, 0.6) is 0 Å². The average Bonchev–Trinajstić information content (AvgIpc) is 2.39. The average molecular weight is 272 g/mol. The van der Waals surface area contributed by atoms with Gasteiger partial charge in [-0.15, -0.1) is 12.6 Å². The standard InChI is InChI=1S/C12H24N4OS/c1-15-6-2-10(3-7-15)16-8-4-12(14-13,5-9-16)11(17)18/h10,14H,2-9,13H2,1H3,(H,17,18). The van der Waals surface area contributed by atoms with Gasteiger partial charge in [0.1, 0.15) is 5.54 Å². The molecule has 0 aromatic rings. The lowest BCUT2D eigenvalue weighted by Crippen LogP contribution is -2.61. The Morgan fingerprint density at radius 3 is 2.28 bits per heavy atom. The summed E-state index contributed by atoms with van der Waals surface area (Å²) in [6.07, 6.45) is 3.99. The second-order valence-corrected chi connectivity index (χ2v) is 6.01. The van der Waals surface area contributed by atoms with Gasteiger partial charge in [-0.3, -0.25) is 10.6 Å². The van der Waals surface area contributed by atoms with Crippen LogP contribution in [0.4, 0.5) is 0 Å². The highest BCUT2D eigenvalue weighted by Gasteiger charge is 2.40. The molecule has 2 rings (SSSR count). The molecule has 0 aliphatic carbocycles. The smallest absolute Gasteiger partial charge is 0.207 e. The van der Waals surface area contributed by atoms with Crippen LogP contribution in [0.2, 0.25) is 0 Å². The molecule has 3 N–H and O–H groups in total. The maximum Gasteiger partial charge on any atom is 0.207 e. The van der Waals surface area contributed by atoms with Crippen molar-refractivity contribution in [1.82, 2.24) is 15.2 Å². The van der Waals surface area contributed by atoms with Crippen molar-refractivity contribution >= 4 is 17.7 Å². The number of nitrogens with one attached hydrogen (secondary N) is 1. The van der Waals surface area contributed by atoms with Gasteiger partial charge in [-0.25, -0.2) is 5.43 Å². The molecule has 2 fully saturated rings. The third-order valence-corrected chi connectivity index (χ3v) is 4.97. The third-order valence-electron chi connectivity index (χ3n) is 4.54. The molecular formula is C12H24N4OS. The molecule has 18 heavy (non-hydrogen) atoms. The van der Waals surface area contributed by atoms with E-state index >= 15 is 0 Å². The Balaban J connectivity index is 1.88. The number of nitrogens with two attached hydrogens (primary N) is 1. The van der Waals surface area contributed by atoms with Crippen LogP contribution in [-0.4, -0.2) is 59.7 Å². The molecular weight excluding hydrogens is 248 g/mol. The molecule has 5 nitrogen and oxygen atoms in total. The summed E-state index contributed by atoms with van der Waals surface area (Å²) in [5, 5.41) is -0.131. The van der Waals surface area contributed by atoms with Crippen molar-refractivity contribution < 1.29 is 4.79 Å². The van der Waals surface area contributed by atoms with Gasteiger partial charge < -0.3 is 9.80 Å². The third kappa shape index (κ3) is 2.88. The van der Waals surface area contributed by atoms with Gasteiger partial charge in [0.05, 0.1) is 0 Å². The van der Waals surface area contributed by atoms with Crippen molar-refractivity contribution in [2.75, 3.05) is 33.2 Å². The van der Waals surface area contributed by atoms with Gasteiger partial charge in [0.2, 0.25) is 5.12 Å². The summed E-state index contributed by atoms with van der Waals surface area (Å²) >= 11 is 3.97. The molecule has 2 aliphatic rings. The van der Waals surface area contributed by atoms with E-state index in [0.29, 0.717) is 6.04 Å². The zero-order valence-corrected chi connectivity index (χ0v) is 12.0. The van der Waals surface area contributed by atoms with Gasteiger partial charge in [0, 0.05) is 19.1 Å². The highest BCUT2D eigenvalue weighted by atomic mass is 32.1. The highest BCUT2D eigenvalue weighted by Crippen LogP contribution is 2.27. The molecule has 6 heteroatoms. The van der Waals surface area contributed by atoms with E-state index in [-0.39, 0.29) is 5.12 Å². The molecule has 0 spiro atoms. The van der Waals surface area contributed by atoms with Crippen molar-refractivity contribution in [2.45, 2.75) is 37.3 Å². The van der Waals surface area contributed by atoms with Crippen molar-refractivity contribution in [2.24, 2.45) is 5.84 Å². The number of nitrogens with zero attached hydrogens (tertiary/aromatic N) is 2. The Bertz CT molecular complexity index is 296. The van der Waals surface area contributed by atoms with E-state index < -0.39 is 5.54 Å². The normalized spacial score (nSPS) is 27.3. The monoisotopic (exact) mass is 272 g/mol. The first-order chi connectivity index (χ1) is 8.57. The number of hydrazine groups is 1. The van der Waals surface area contributed by atoms with E-state index in [1.807, 2.05) is 0 Å². The van der Waals surface area contributed by atoms with E-state index in [4.69, 9.17) is 5.84 Å². The first kappa shape index (κ1) is 14.3. The molecule has 0 amide bonds. The first-order valence-electron chi connectivity index (χ1n) is 6.71. The Labute approximate surface area is 114 Å². The number of likely N-dealkylation sites (tertiary alicyclic amines) is 2. The molecule has 2 aliphatic heterocycles. The summed E-state index contributed by atoms with van der Waals surface area (Å²) in [7, 11) is 2.18. The van der Waals surface area contributed by atoms with E-state index in [9.17, 15) is 4.79 Å². The van der Waals surface area contributed by atoms with Crippen LogP contribution >= 0.6 is 12.6 Å². The fraction of sp³-hybridized carbons (Fsp3) is 0.917. The first-order valence-corrected chi connectivity index (χ1v) is 7.16.